The highest BCUT2D eigenvalue weighted by Crippen LogP contribution is 2.48. The molecular weight excluding hydrogens is 425 g/mol. The van der Waals surface area contributed by atoms with Gasteiger partial charge in [0.05, 0.1) is 17.6 Å². The van der Waals surface area contributed by atoms with E-state index >= 15 is 0 Å². The van der Waals surface area contributed by atoms with Crippen LogP contribution in [-0.2, 0) is 9.53 Å². The quantitative estimate of drug-likeness (QED) is 0.628. The predicted octanol–water partition coefficient (Wildman–Crippen LogP) is 4.33. The average molecular weight is 451 g/mol. The van der Waals surface area contributed by atoms with E-state index in [1.165, 1.54) is 12.1 Å². The molecule has 2 fully saturated rings. The highest BCUT2D eigenvalue weighted by atomic mass is 19.4. The second-order valence-corrected chi connectivity index (χ2v) is 8.41. The summed E-state index contributed by atoms with van der Waals surface area (Å²) in [5.41, 5.74) is -1.29. The first-order chi connectivity index (χ1) is 14.4. The fourth-order valence-electron chi connectivity index (χ4n) is 4.18. The van der Waals surface area contributed by atoms with Gasteiger partial charge in [0.2, 0.25) is 5.91 Å². The topological polar surface area (TPSA) is 59.0 Å². The van der Waals surface area contributed by atoms with Crippen molar-refractivity contribution in [2.45, 2.75) is 63.3 Å². The number of nitrogens with zero attached hydrogens (tertiary/aromatic N) is 1. The molecule has 0 bridgehead atoms. The molecule has 174 valence electrons. The van der Waals surface area contributed by atoms with Crippen LogP contribution in [0.15, 0.2) is 24.3 Å². The average Bonchev–Trinajstić information content (AvgIpc) is 3.01. The number of halogens is 5. The molecule has 1 aromatic carbocycles. The van der Waals surface area contributed by atoms with Crippen LogP contribution in [0.1, 0.15) is 39.0 Å². The molecule has 0 radical (unpaired) electrons. The fraction of sp³-hybridized carbons (Fsp3) is 0.667. The summed E-state index contributed by atoms with van der Waals surface area (Å²) in [4.78, 5) is 14.7. The third kappa shape index (κ3) is 5.46. The van der Waals surface area contributed by atoms with E-state index in [9.17, 15) is 31.9 Å². The number of alkyl halides is 5. The van der Waals surface area contributed by atoms with Crippen molar-refractivity contribution in [1.29, 1.82) is 0 Å². The molecule has 3 rings (SSSR count). The number of carbonyl (C=O) groups is 1. The molecule has 1 atom stereocenters. The fourth-order valence-corrected chi connectivity index (χ4v) is 4.18. The van der Waals surface area contributed by atoms with Gasteiger partial charge in [0.15, 0.2) is 6.10 Å². The van der Waals surface area contributed by atoms with E-state index in [1.54, 1.807) is 17.0 Å². The van der Waals surface area contributed by atoms with Crippen LogP contribution in [0.25, 0.3) is 0 Å². The number of hydrogen-bond acceptors (Lipinski definition) is 4. The summed E-state index contributed by atoms with van der Waals surface area (Å²) < 4.78 is 72.2. The lowest BCUT2D eigenvalue weighted by molar-refractivity contribution is -0.189. The summed E-state index contributed by atoms with van der Waals surface area (Å²) >= 11 is 0. The summed E-state index contributed by atoms with van der Waals surface area (Å²) in [5.74, 6) is -0.0400. The first-order valence-electron chi connectivity index (χ1n) is 10.2. The molecule has 10 heteroatoms. The molecule has 1 aliphatic heterocycles. The van der Waals surface area contributed by atoms with Crippen LogP contribution in [0.2, 0.25) is 0 Å². The highest BCUT2D eigenvalue weighted by Gasteiger charge is 2.51. The van der Waals surface area contributed by atoms with Crippen molar-refractivity contribution < 1.29 is 41.3 Å². The van der Waals surface area contributed by atoms with Gasteiger partial charge in [-0.1, -0.05) is 0 Å². The minimum absolute atomic E-state index is 0.0569. The zero-order chi connectivity index (χ0) is 22.9. The summed E-state index contributed by atoms with van der Waals surface area (Å²) in [7, 11) is 0. The SMILES string of the molecule is C[C@@H](Oc1ccc(N2CC[C@]3(CC[C@](O)(COCC(F)F)CC3)C2=O)cc1)C(F)(F)F. The Hall–Kier alpha value is -1.94. The maximum absolute atomic E-state index is 13.1. The van der Waals surface area contributed by atoms with Gasteiger partial charge in [-0.15, -0.1) is 0 Å². The zero-order valence-corrected chi connectivity index (χ0v) is 17.1. The monoisotopic (exact) mass is 451 g/mol. The second kappa shape index (κ2) is 8.90. The molecule has 1 N–H and O–H groups in total. The Morgan fingerprint density at radius 3 is 2.26 bits per heavy atom. The lowest BCUT2D eigenvalue weighted by Crippen LogP contribution is -2.46. The third-order valence-corrected chi connectivity index (χ3v) is 6.19. The Bertz CT molecular complexity index is 760. The number of benzene rings is 1. The largest absolute Gasteiger partial charge is 0.481 e. The molecule has 1 saturated carbocycles. The van der Waals surface area contributed by atoms with E-state index in [0.29, 0.717) is 31.5 Å². The first kappa shape index (κ1) is 23.7. The highest BCUT2D eigenvalue weighted by molar-refractivity contribution is 6.00. The summed E-state index contributed by atoms with van der Waals surface area (Å²) in [6, 6.07) is 5.89. The van der Waals surface area contributed by atoms with Crippen LogP contribution in [0.3, 0.4) is 0 Å². The van der Waals surface area contributed by atoms with Crippen LogP contribution in [0, 0.1) is 5.41 Å². The van der Waals surface area contributed by atoms with Gasteiger partial charge >= 0.3 is 6.18 Å². The van der Waals surface area contributed by atoms with Crippen molar-refractivity contribution in [3.8, 4) is 5.75 Å². The lowest BCUT2D eigenvalue weighted by Gasteiger charge is -2.40. The molecule has 1 spiro atoms. The van der Waals surface area contributed by atoms with Gasteiger partial charge in [0.1, 0.15) is 12.4 Å². The summed E-state index contributed by atoms with van der Waals surface area (Å²) in [5, 5.41) is 10.6. The maximum Gasteiger partial charge on any atom is 0.425 e. The van der Waals surface area contributed by atoms with E-state index in [-0.39, 0.29) is 31.1 Å². The van der Waals surface area contributed by atoms with Gasteiger partial charge in [-0.05, 0) is 63.3 Å². The normalized spacial score (nSPS) is 27.9. The molecule has 31 heavy (non-hydrogen) atoms. The number of amides is 1. The lowest BCUT2D eigenvalue weighted by atomic mass is 9.68. The molecule has 0 aromatic heterocycles. The van der Waals surface area contributed by atoms with Crippen molar-refractivity contribution in [3.05, 3.63) is 24.3 Å². The first-order valence-corrected chi connectivity index (χ1v) is 10.2. The van der Waals surface area contributed by atoms with E-state index in [2.05, 4.69) is 0 Å². The Labute approximate surface area is 177 Å². The minimum Gasteiger partial charge on any atom is -0.481 e. The molecule has 2 aliphatic rings. The molecule has 5 nitrogen and oxygen atoms in total. The van der Waals surface area contributed by atoms with Crippen molar-refractivity contribution in [3.63, 3.8) is 0 Å². The van der Waals surface area contributed by atoms with Gasteiger partial charge in [0.25, 0.3) is 6.43 Å². The number of anilines is 1. The van der Waals surface area contributed by atoms with Gasteiger partial charge < -0.3 is 19.5 Å². The molecular formula is C21H26F5NO4. The van der Waals surface area contributed by atoms with Crippen LogP contribution in [0.5, 0.6) is 5.75 Å². The molecule has 0 unspecified atom stereocenters. The second-order valence-electron chi connectivity index (χ2n) is 8.41. The third-order valence-electron chi connectivity index (χ3n) is 6.19. The van der Waals surface area contributed by atoms with E-state index in [0.717, 1.165) is 6.92 Å². The van der Waals surface area contributed by atoms with Gasteiger partial charge in [0, 0.05) is 12.2 Å². The standard InChI is InChI=1S/C21H26F5NO4/c1-14(21(24,25)26)31-16-4-2-15(3-5-16)27-11-10-19(18(27)28)6-8-20(29,9-7-19)13-30-12-17(22)23/h2-5,14,17,29H,6-13H2,1H3/t14-,19-,20-/m1/s1. The number of ether oxygens (including phenoxy) is 2. The van der Waals surface area contributed by atoms with E-state index < -0.39 is 36.3 Å². The zero-order valence-electron chi connectivity index (χ0n) is 17.1. The molecule has 1 amide bonds. The Morgan fingerprint density at radius 1 is 1.10 bits per heavy atom. The summed E-state index contributed by atoms with van der Waals surface area (Å²) in [6.07, 6.45) is -7.04. The smallest absolute Gasteiger partial charge is 0.425 e. The molecule has 1 aliphatic carbocycles. The molecule has 1 saturated heterocycles. The number of hydrogen-bond donors (Lipinski definition) is 1. The molecule has 1 heterocycles. The van der Waals surface area contributed by atoms with E-state index in [1.807, 2.05) is 0 Å². The van der Waals surface area contributed by atoms with E-state index in [4.69, 9.17) is 9.47 Å². The van der Waals surface area contributed by atoms with Crippen LogP contribution in [0.4, 0.5) is 27.6 Å². The van der Waals surface area contributed by atoms with Crippen molar-refractivity contribution >= 4 is 11.6 Å². The van der Waals surface area contributed by atoms with Crippen molar-refractivity contribution in [2.75, 3.05) is 24.7 Å². The number of aliphatic hydroxyl groups is 1. The number of carbonyl (C=O) groups excluding carboxylic acids is 1. The Kier molecular flexibility index (Phi) is 6.81. The number of rotatable bonds is 7. The van der Waals surface area contributed by atoms with Crippen LogP contribution in [-0.4, -0.2) is 55.1 Å². The van der Waals surface area contributed by atoms with Crippen LogP contribution >= 0.6 is 0 Å². The summed E-state index contributed by atoms with van der Waals surface area (Å²) in [6.45, 7) is 0.452. The molecule has 1 aromatic rings. The van der Waals surface area contributed by atoms with Crippen LogP contribution < -0.4 is 9.64 Å². The van der Waals surface area contributed by atoms with Gasteiger partial charge in [-0.2, -0.15) is 13.2 Å². The van der Waals surface area contributed by atoms with Crippen molar-refractivity contribution in [1.82, 2.24) is 0 Å². The van der Waals surface area contributed by atoms with Gasteiger partial charge in [-0.3, -0.25) is 4.79 Å². The Balaban J connectivity index is 1.59. The van der Waals surface area contributed by atoms with Crippen molar-refractivity contribution in [2.24, 2.45) is 5.41 Å². The maximum atomic E-state index is 13.1. The minimum atomic E-state index is -4.47. The van der Waals surface area contributed by atoms with Gasteiger partial charge in [-0.25, -0.2) is 8.78 Å². The predicted molar refractivity (Wildman–Crippen MR) is 102 cm³/mol. The Morgan fingerprint density at radius 2 is 1.71 bits per heavy atom.